The maximum Gasteiger partial charge on any atom is 0.471 e. The highest BCUT2D eigenvalue weighted by atomic mass is 19.4. The highest BCUT2D eigenvalue weighted by molar-refractivity contribution is 5.82. The van der Waals surface area contributed by atoms with Gasteiger partial charge in [-0.25, -0.2) is 4.98 Å². The van der Waals surface area contributed by atoms with Gasteiger partial charge in [0.25, 0.3) is 0 Å². The number of unbranched alkanes of at least 4 members (excludes halogenated alkanes) is 3. The van der Waals surface area contributed by atoms with Crippen LogP contribution in [0.15, 0.2) is 36.7 Å². The van der Waals surface area contributed by atoms with Crippen LogP contribution in [0.4, 0.5) is 19.0 Å². The van der Waals surface area contributed by atoms with Crippen molar-refractivity contribution in [3.8, 4) is 6.01 Å². The molecule has 3 rings (SSSR count). The molecule has 0 fully saturated rings. The zero-order chi connectivity index (χ0) is 22.1. The molecular formula is C20H23F3N6O2. The van der Waals surface area contributed by atoms with Gasteiger partial charge in [0, 0.05) is 13.1 Å². The Kier molecular flexibility index (Phi) is 7.63. The molecule has 1 aromatic carbocycles. The standard InChI is InChI=1S/C20H23F3N6O2/c21-20(22,23)18(30)25-11-7-2-1-6-10-24-16-15-17(27-13-26-15)29-19(28-16)31-12-14-8-4-3-5-9-14/h3-5,8-9,13H,1-2,6-7,10-12H2,(H,25,30)(H2,24,26,27,28,29). The van der Waals surface area contributed by atoms with Crippen LogP contribution >= 0.6 is 0 Å². The lowest BCUT2D eigenvalue weighted by Crippen LogP contribution is -2.37. The second kappa shape index (κ2) is 10.6. The smallest absolute Gasteiger partial charge is 0.458 e. The van der Waals surface area contributed by atoms with Gasteiger partial charge >= 0.3 is 18.1 Å². The normalized spacial score (nSPS) is 11.5. The van der Waals surface area contributed by atoms with Crippen molar-refractivity contribution in [3.05, 3.63) is 42.2 Å². The fraction of sp³-hybridized carbons (Fsp3) is 0.400. The van der Waals surface area contributed by atoms with Gasteiger partial charge in [-0.15, -0.1) is 0 Å². The third-order valence-electron chi connectivity index (χ3n) is 4.41. The van der Waals surface area contributed by atoms with Crippen molar-refractivity contribution in [1.82, 2.24) is 25.3 Å². The van der Waals surface area contributed by atoms with Crippen LogP contribution in [-0.4, -0.2) is 45.1 Å². The zero-order valence-corrected chi connectivity index (χ0v) is 16.7. The number of rotatable bonds is 11. The fourth-order valence-electron chi connectivity index (χ4n) is 2.84. The van der Waals surface area contributed by atoms with Gasteiger partial charge in [0.05, 0.1) is 6.33 Å². The molecule has 2 aromatic heterocycles. The van der Waals surface area contributed by atoms with Gasteiger partial charge < -0.3 is 20.4 Å². The molecule has 3 N–H and O–H groups in total. The fourth-order valence-corrected chi connectivity index (χ4v) is 2.84. The highest BCUT2D eigenvalue weighted by Crippen LogP contribution is 2.20. The van der Waals surface area contributed by atoms with E-state index in [4.69, 9.17) is 4.74 Å². The van der Waals surface area contributed by atoms with E-state index in [2.05, 4.69) is 25.3 Å². The molecule has 166 valence electrons. The number of imidazole rings is 1. The number of fused-ring (bicyclic) bond motifs is 1. The van der Waals surface area contributed by atoms with Gasteiger partial charge in [-0.3, -0.25) is 4.79 Å². The van der Waals surface area contributed by atoms with Gasteiger partial charge in [-0.05, 0) is 18.4 Å². The largest absolute Gasteiger partial charge is 0.471 e. The maximum atomic E-state index is 12.1. The number of hydrogen-bond acceptors (Lipinski definition) is 6. The Hall–Kier alpha value is -3.37. The number of nitrogens with zero attached hydrogens (tertiary/aromatic N) is 3. The van der Waals surface area contributed by atoms with Crippen LogP contribution in [0.1, 0.15) is 31.2 Å². The molecule has 0 spiro atoms. The molecule has 0 bridgehead atoms. The van der Waals surface area contributed by atoms with Crippen LogP contribution in [0.2, 0.25) is 0 Å². The molecule has 0 unspecified atom stereocenters. The van der Waals surface area contributed by atoms with Crippen LogP contribution < -0.4 is 15.4 Å². The second-order valence-electron chi connectivity index (χ2n) is 6.82. The van der Waals surface area contributed by atoms with E-state index in [1.807, 2.05) is 35.6 Å². The van der Waals surface area contributed by atoms with E-state index in [0.717, 1.165) is 18.4 Å². The molecule has 0 aliphatic rings. The minimum atomic E-state index is -4.83. The number of halogens is 3. The predicted octanol–water partition coefficient (Wildman–Crippen LogP) is 3.58. The number of alkyl halides is 3. The Morgan fingerprint density at radius 1 is 1.03 bits per heavy atom. The first kappa shape index (κ1) is 22.3. The van der Waals surface area contributed by atoms with Crippen LogP contribution in [0, 0.1) is 0 Å². The molecule has 0 aliphatic carbocycles. The summed E-state index contributed by atoms with van der Waals surface area (Å²) in [5.74, 6) is -1.32. The first-order valence-corrected chi connectivity index (χ1v) is 9.90. The maximum absolute atomic E-state index is 12.1. The van der Waals surface area contributed by atoms with E-state index >= 15 is 0 Å². The van der Waals surface area contributed by atoms with E-state index < -0.39 is 12.1 Å². The molecule has 31 heavy (non-hydrogen) atoms. The van der Waals surface area contributed by atoms with E-state index in [-0.39, 0.29) is 12.6 Å². The molecule has 3 aromatic rings. The summed E-state index contributed by atoms with van der Waals surface area (Å²) in [6, 6.07) is 9.88. The molecule has 0 saturated heterocycles. The number of benzene rings is 1. The van der Waals surface area contributed by atoms with Crippen molar-refractivity contribution >= 4 is 22.9 Å². The second-order valence-corrected chi connectivity index (χ2v) is 6.82. The third kappa shape index (κ3) is 6.83. The molecule has 2 heterocycles. The Balaban J connectivity index is 1.42. The van der Waals surface area contributed by atoms with Crippen molar-refractivity contribution in [2.45, 2.75) is 38.5 Å². The number of aromatic amines is 1. The van der Waals surface area contributed by atoms with Crippen LogP contribution in [0.25, 0.3) is 11.2 Å². The number of nitrogens with one attached hydrogen (secondary N) is 3. The minimum absolute atomic E-state index is 0.00849. The third-order valence-corrected chi connectivity index (χ3v) is 4.41. The topological polar surface area (TPSA) is 105 Å². The molecule has 0 saturated carbocycles. The van der Waals surface area contributed by atoms with Gasteiger partial charge in [-0.1, -0.05) is 43.2 Å². The summed E-state index contributed by atoms with van der Waals surface area (Å²) < 4.78 is 42.0. The van der Waals surface area contributed by atoms with Crippen molar-refractivity contribution in [2.24, 2.45) is 0 Å². The Morgan fingerprint density at radius 3 is 2.52 bits per heavy atom. The van der Waals surface area contributed by atoms with Crippen LogP contribution in [0.5, 0.6) is 6.01 Å². The van der Waals surface area contributed by atoms with Gasteiger partial charge in [-0.2, -0.15) is 23.1 Å². The Morgan fingerprint density at radius 2 is 1.77 bits per heavy atom. The molecule has 0 radical (unpaired) electrons. The number of carbonyl (C=O) groups is 1. The number of anilines is 1. The van der Waals surface area contributed by atoms with E-state index in [9.17, 15) is 18.0 Å². The summed E-state index contributed by atoms with van der Waals surface area (Å²) in [6.07, 6.45) is -0.535. The summed E-state index contributed by atoms with van der Waals surface area (Å²) in [6.45, 7) is 0.952. The van der Waals surface area contributed by atoms with Crippen molar-refractivity contribution < 1.29 is 22.7 Å². The summed E-state index contributed by atoms with van der Waals surface area (Å²) >= 11 is 0. The van der Waals surface area contributed by atoms with E-state index in [0.29, 0.717) is 43.0 Å². The molecule has 8 nitrogen and oxygen atoms in total. The molecule has 0 aliphatic heterocycles. The number of H-pyrrole nitrogens is 1. The zero-order valence-electron chi connectivity index (χ0n) is 16.7. The quantitative estimate of drug-likeness (QED) is 0.397. The Labute approximate surface area is 176 Å². The molecule has 1 amide bonds. The summed E-state index contributed by atoms with van der Waals surface area (Å²) in [4.78, 5) is 26.6. The van der Waals surface area contributed by atoms with Crippen molar-refractivity contribution in [3.63, 3.8) is 0 Å². The van der Waals surface area contributed by atoms with Crippen LogP contribution in [-0.2, 0) is 11.4 Å². The monoisotopic (exact) mass is 436 g/mol. The van der Waals surface area contributed by atoms with Crippen molar-refractivity contribution in [1.29, 1.82) is 0 Å². The molecular weight excluding hydrogens is 413 g/mol. The first-order valence-electron chi connectivity index (χ1n) is 9.90. The number of ether oxygens (including phenoxy) is 1. The Bertz CT molecular complexity index is 978. The summed E-state index contributed by atoms with van der Waals surface area (Å²) in [7, 11) is 0. The summed E-state index contributed by atoms with van der Waals surface area (Å²) in [5.41, 5.74) is 2.15. The number of carbonyl (C=O) groups excluding carboxylic acids is 1. The average Bonchev–Trinajstić information content (AvgIpc) is 3.23. The number of hydrogen-bond donors (Lipinski definition) is 3. The van der Waals surface area contributed by atoms with Gasteiger partial charge in [0.15, 0.2) is 11.5 Å². The average molecular weight is 436 g/mol. The summed E-state index contributed by atoms with van der Waals surface area (Å²) in [5, 5.41) is 5.09. The molecule has 0 atom stereocenters. The van der Waals surface area contributed by atoms with Gasteiger partial charge in [0.1, 0.15) is 12.1 Å². The van der Waals surface area contributed by atoms with E-state index in [1.165, 1.54) is 6.33 Å². The van der Waals surface area contributed by atoms with Crippen molar-refractivity contribution in [2.75, 3.05) is 18.4 Å². The minimum Gasteiger partial charge on any atom is -0.458 e. The predicted molar refractivity (Wildman–Crippen MR) is 108 cm³/mol. The number of aromatic nitrogens is 4. The lowest BCUT2D eigenvalue weighted by atomic mass is 10.2. The highest BCUT2D eigenvalue weighted by Gasteiger charge is 2.38. The van der Waals surface area contributed by atoms with Gasteiger partial charge in [0.2, 0.25) is 0 Å². The van der Waals surface area contributed by atoms with E-state index in [1.54, 1.807) is 0 Å². The molecule has 11 heteroatoms. The lowest BCUT2D eigenvalue weighted by Gasteiger charge is -2.10. The first-order chi connectivity index (χ1) is 14.9. The SMILES string of the molecule is O=C(NCCCCCCNc1nc(OCc2ccccc2)nc2nc[nH]c12)C(F)(F)F. The van der Waals surface area contributed by atoms with Crippen LogP contribution in [0.3, 0.4) is 0 Å². The lowest BCUT2D eigenvalue weighted by molar-refractivity contribution is -0.173. The number of amides is 1.